The van der Waals surface area contributed by atoms with Crippen LogP contribution in [0.15, 0.2) is 40.2 Å². The number of nitrogens with zero attached hydrogens (tertiary/aromatic N) is 2. The van der Waals surface area contributed by atoms with Gasteiger partial charge in [0.2, 0.25) is 0 Å². The van der Waals surface area contributed by atoms with Gasteiger partial charge in [-0.3, -0.25) is 9.59 Å². The Labute approximate surface area is 119 Å². The van der Waals surface area contributed by atoms with Crippen LogP contribution in [0.2, 0.25) is 0 Å². The van der Waals surface area contributed by atoms with Gasteiger partial charge in [0.15, 0.2) is 0 Å². The molecule has 2 aromatic rings. The zero-order valence-electron chi connectivity index (χ0n) is 11.3. The Morgan fingerprint density at radius 2 is 2.00 bits per heavy atom. The molecule has 0 saturated carbocycles. The number of hydrogen-bond donors (Lipinski definition) is 1. The number of halogens is 1. The molecule has 108 valence electrons. The molecule has 0 saturated heterocycles. The molecule has 0 atom stereocenters. The van der Waals surface area contributed by atoms with E-state index in [2.05, 4.69) is 11.8 Å². The minimum absolute atomic E-state index is 0.137. The number of aryl methyl sites for hydroxylation is 1. The summed E-state index contributed by atoms with van der Waals surface area (Å²) in [4.78, 5) is 23.4. The second-order valence-corrected chi connectivity index (χ2v) is 4.42. The van der Waals surface area contributed by atoms with Gasteiger partial charge in [0.1, 0.15) is 12.4 Å². The molecule has 1 aromatic heterocycles. The molecule has 1 heterocycles. The molecule has 5 nitrogen and oxygen atoms in total. The van der Waals surface area contributed by atoms with Crippen molar-refractivity contribution in [3.63, 3.8) is 0 Å². The largest absolute Gasteiger partial charge is 0.384 e. The highest BCUT2D eigenvalue weighted by Gasteiger charge is 2.05. The lowest BCUT2D eigenvalue weighted by atomic mass is 10.1. The standard InChI is InChI=1S/C15H13FN2O3/c1-17-6-7-18(15(21)14(17)20)10-11-4-5-13(16)12(9-11)3-2-8-19/h4-7,9,19H,8,10H2,1H3. The molecule has 0 aliphatic carbocycles. The van der Waals surface area contributed by atoms with Crippen LogP contribution >= 0.6 is 0 Å². The van der Waals surface area contributed by atoms with Crippen LogP contribution in [0.3, 0.4) is 0 Å². The van der Waals surface area contributed by atoms with E-state index in [1.807, 2.05) is 0 Å². The minimum atomic E-state index is -0.646. The van der Waals surface area contributed by atoms with Crippen LogP contribution in [0, 0.1) is 17.7 Å². The smallest absolute Gasteiger partial charge is 0.316 e. The van der Waals surface area contributed by atoms with Crippen molar-refractivity contribution in [2.75, 3.05) is 6.61 Å². The van der Waals surface area contributed by atoms with E-state index < -0.39 is 16.9 Å². The summed E-state index contributed by atoms with van der Waals surface area (Å²) in [7, 11) is 1.49. The lowest BCUT2D eigenvalue weighted by Crippen LogP contribution is -2.39. The van der Waals surface area contributed by atoms with Crippen molar-refractivity contribution in [2.45, 2.75) is 6.54 Å². The van der Waals surface area contributed by atoms with Gasteiger partial charge in [0.25, 0.3) is 0 Å². The van der Waals surface area contributed by atoms with Gasteiger partial charge in [-0.2, -0.15) is 0 Å². The maximum Gasteiger partial charge on any atom is 0.316 e. The third-order valence-electron chi connectivity index (χ3n) is 2.92. The Bertz CT molecular complexity index is 840. The number of rotatable bonds is 2. The molecule has 0 fully saturated rings. The molecule has 1 aromatic carbocycles. The monoisotopic (exact) mass is 288 g/mol. The van der Waals surface area contributed by atoms with Gasteiger partial charge in [-0.25, -0.2) is 4.39 Å². The number of aromatic nitrogens is 2. The van der Waals surface area contributed by atoms with Crippen LogP contribution in [-0.2, 0) is 13.6 Å². The number of aliphatic hydroxyl groups excluding tert-OH is 1. The topological polar surface area (TPSA) is 64.2 Å². The first-order chi connectivity index (χ1) is 10.0. The zero-order chi connectivity index (χ0) is 15.4. The molecule has 0 aliphatic heterocycles. The second kappa shape index (κ2) is 6.20. The molecular formula is C15H13FN2O3. The van der Waals surface area contributed by atoms with Gasteiger partial charge < -0.3 is 14.2 Å². The van der Waals surface area contributed by atoms with E-state index >= 15 is 0 Å². The predicted molar refractivity (Wildman–Crippen MR) is 75.4 cm³/mol. The van der Waals surface area contributed by atoms with Crippen LogP contribution < -0.4 is 11.1 Å². The van der Waals surface area contributed by atoms with Gasteiger partial charge >= 0.3 is 11.1 Å². The average molecular weight is 288 g/mol. The molecule has 0 unspecified atom stereocenters. The Hall–Kier alpha value is -2.65. The highest BCUT2D eigenvalue weighted by Crippen LogP contribution is 2.10. The SMILES string of the molecule is Cn1ccn(Cc2ccc(F)c(C#CCO)c2)c(=O)c1=O. The zero-order valence-corrected chi connectivity index (χ0v) is 11.3. The lowest BCUT2D eigenvalue weighted by Gasteiger charge is -2.07. The molecule has 0 amide bonds. The summed E-state index contributed by atoms with van der Waals surface area (Å²) in [5, 5.41) is 8.64. The molecule has 21 heavy (non-hydrogen) atoms. The van der Waals surface area contributed by atoms with Crippen molar-refractivity contribution in [2.24, 2.45) is 7.05 Å². The summed E-state index contributed by atoms with van der Waals surface area (Å²) in [6.07, 6.45) is 2.98. The molecule has 6 heteroatoms. The van der Waals surface area contributed by atoms with E-state index in [0.717, 1.165) is 0 Å². The fourth-order valence-electron chi connectivity index (χ4n) is 1.81. The number of benzene rings is 1. The first-order valence-corrected chi connectivity index (χ1v) is 6.17. The molecule has 0 spiro atoms. The first kappa shape index (κ1) is 14.8. The van der Waals surface area contributed by atoms with E-state index in [9.17, 15) is 14.0 Å². The summed E-state index contributed by atoms with van der Waals surface area (Å²) < 4.78 is 16.0. The summed E-state index contributed by atoms with van der Waals surface area (Å²) in [6.45, 7) is -0.221. The predicted octanol–water partition coefficient (Wildman–Crippen LogP) is 0.0782. The molecule has 1 N–H and O–H groups in total. The molecular weight excluding hydrogens is 275 g/mol. The Morgan fingerprint density at radius 1 is 1.24 bits per heavy atom. The summed E-state index contributed by atoms with van der Waals surface area (Å²) >= 11 is 0. The van der Waals surface area contributed by atoms with Crippen molar-refractivity contribution < 1.29 is 9.50 Å². The van der Waals surface area contributed by atoms with E-state index in [-0.39, 0.29) is 18.7 Å². The Kier molecular flexibility index (Phi) is 4.36. The molecule has 0 aliphatic rings. The third kappa shape index (κ3) is 3.27. The van der Waals surface area contributed by atoms with Crippen molar-refractivity contribution in [3.8, 4) is 11.8 Å². The fourth-order valence-corrected chi connectivity index (χ4v) is 1.81. The van der Waals surface area contributed by atoms with Gasteiger partial charge in [-0.1, -0.05) is 17.9 Å². The normalized spacial score (nSPS) is 10.0. The van der Waals surface area contributed by atoms with Crippen LogP contribution in [0.5, 0.6) is 0 Å². The van der Waals surface area contributed by atoms with E-state index in [4.69, 9.17) is 5.11 Å². The van der Waals surface area contributed by atoms with Crippen LogP contribution in [-0.4, -0.2) is 20.8 Å². The lowest BCUT2D eigenvalue weighted by molar-refractivity contribution is 0.350. The average Bonchev–Trinajstić information content (AvgIpc) is 2.48. The first-order valence-electron chi connectivity index (χ1n) is 6.17. The molecule has 0 bridgehead atoms. The summed E-state index contributed by atoms with van der Waals surface area (Å²) in [5.74, 6) is 4.36. The number of hydrogen-bond acceptors (Lipinski definition) is 3. The van der Waals surface area contributed by atoms with Gasteiger partial charge in [0, 0.05) is 19.4 Å². The quantitative estimate of drug-likeness (QED) is 0.628. The van der Waals surface area contributed by atoms with E-state index in [1.54, 1.807) is 0 Å². The van der Waals surface area contributed by atoms with Crippen LogP contribution in [0.4, 0.5) is 4.39 Å². The Morgan fingerprint density at radius 3 is 2.71 bits per heavy atom. The van der Waals surface area contributed by atoms with Gasteiger partial charge in [-0.05, 0) is 17.7 Å². The summed E-state index contributed by atoms with van der Waals surface area (Å²) in [6, 6.07) is 4.24. The Balaban J connectivity index is 2.39. The maximum absolute atomic E-state index is 13.5. The van der Waals surface area contributed by atoms with E-state index in [0.29, 0.717) is 5.56 Å². The second-order valence-electron chi connectivity index (χ2n) is 4.42. The van der Waals surface area contributed by atoms with Crippen molar-refractivity contribution >= 4 is 0 Å². The third-order valence-corrected chi connectivity index (χ3v) is 2.92. The highest BCUT2D eigenvalue weighted by molar-refractivity contribution is 5.38. The highest BCUT2D eigenvalue weighted by atomic mass is 19.1. The minimum Gasteiger partial charge on any atom is -0.384 e. The number of aliphatic hydroxyl groups is 1. The van der Waals surface area contributed by atoms with Crippen LogP contribution in [0.1, 0.15) is 11.1 Å². The van der Waals surface area contributed by atoms with Crippen molar-refractivity contribution in [3.05, 3.63) is 68.2 Å². The van der Waals surface area contributed by atoms with Crippen molar-refractivity contribution in [1.82, 2.24) is 9.13 Å². The van der Waals surface area contributed by atoms with Gasteiger partial charge in [-0.15, -0.1) is 0 Å². The summed E-state index contributed by atoms with van der Waals surface area (Å²) in [5.41, 5.74) is -0.500. The molecule has 2 rings (SSSR count). The fraction of sp³-hybridized carbons (Fsp3) is 0.200. The van der Waals surface area contributed by atoms with Gasteiger partial charge in [0.05, 0.1) is 12.1 Å². The van der Waals surface area contributed by atoms with Crippen LogP contribution in [0.25, 0.3) is 0 Å². The maximum atomic E-state index is 13.5. The van der Waals surface area contributed by atoms with Crippen molar-refractivity contribution in [1.29, 1.82) is 0 Å². The molecule has 0 radical (unpaired) electrons. The van der Waals surface area contributed by atoms with E-state index in [1.165, 1.54) is 46.8 Å².